The zero-order chi connectivity index (χ0) is 31.5. The van der Waals surface area contributed by atoms with E-state index in [0.29, 0.717) is 0 Å². The van der Waals surface area contributed by atoms with Gasteiger partial charge in [-0.25, -0.2) is 0 Å². The molecular weight excluding hydrogens is 940 g/mol. The van der Waals surface area contributed by atoms with E-state index in [1.165, 1.54) is 20.6 Å². The summed E-state index contributed by atoms with van der Waals surface area (Å²) in [5.41, 5.74) is 0.344. The molecule has 0 atom stereocenters. The van der Waals surface area contributed by atoms with Gasteiger partial charge in [-0.15, -0.1) is 30.6 Å². The summed E-state index contributed by atoms with van der Waals surface area (Å²) < 4.78 is 5.90. The monoisotopic (exact) mass is 981 g/mol. The molecule has 0 unspecified atom stereocenters. The van der Waals surface area contributed by atoms with Crippen LogP contribution in [0.15, 0.2) is 38.0 Å². The van der Waals surface area contributed by atoms with E-state index >= 15 is 0 Å². The average Bonchev–Trinajstić information content (AvgIpc) is 3.60. The molecular formula is C22H37Cd3N15S4-4. The SMILES string of the molecule is CC(C)(C)[n+]1cn[n-]c1.CC(C)(C)[n+]1cn[n-]c1.CC(C)(C)[n+]1cn[n-]c1.[Cd+2].[Cd].[Cd].[N-]=C=S.[N-]=C=S.[N-]=C=S.[N-]=C=S.[NH2-].[NH2-]. The molecule has 0 bridgehead atoms. The van der Waals surface area contributed by atoms with Crippen LogP contribution in [0.1, 0.15) is 62.3 Å². The van der Waals surface area contributed by atoms with E-state index in [9.17, 15) is 0 Å². The molecule has 3 aromatic heterocycles. The number of nitrogens with zero attached hydrogens (tertiary/aromatic N) is 13. The molecule has 15 nitrogen and oxygen atoms in total. The van der Waals surface area contributed by atoms with Crippen LogP contribution >= 0.6 is 48.9 Å². The summed E-state index contributed by atoms with van der Waals surface area (Å²) in [6, 6.07) is 0. The first-order valence-electron chi connectivity index (χ1n) is 10.6. The number of isothiocyanates is 4. The van der Waals surface area contributed by atoms with E-state index in [-0.39, 0.29) is 111 Å². The van der Waals surface area contributed by atoms with Crippen molar-refractivity contribution >= 4 is 69.5 Å². The number of aromatic nitrogens is 9. The minimum Gasteiger partial charge on any atom is -0.753 e. The van der Waals surface area contributed by atoms with E-state index in [2.05, 4.69) is 142 Å². The Bertz CT molecular complexity index is 946. The van der Waals surface area contributed by atoms with E-state index in [1.807, 2.05) is 13.7 Å². The van der Waals surface area contributed by atoms with Crippen molar-refractivity contribution < 1.29 is 95.6 Å². The maximum Gasteiger partial charge on any atom is 2.00 e. The summed E-state index contributed by atoms with van der Waals surface area (Å²) >= 11 is 14.8. The fourth-order valence-electron chi connectivity index (χ4n) is 1.64. The van der Waals surface area contributed by atoms with Gasteiger partial charge in [-0.3, -0.25) is 0 Å². The van der Waals surface area contributed by atoms with Crippen molar-refractivity contribution in [2.75, 3.05) is 0 Å². The molecule has 44 heavy (non-hydrogen) atoms. The molecule has 4 N–H and O–H groups in total. The van der Waals surface area contributed by atoms with Crippen molar-refractivity contribution in [1.29, 1.82) is 0 Å². The molecule has 3 rings (SSSR count). The van der Waals surface area contributed by atoms with Crippen molar-refractivity contribution in [2.24, 2.45) is 0 Å². The molecule has 0 spiro atoms. The third kappa shape index (κ3) is 45.7. The van der Waals surface area contributed by atoms with Gasteiger partial charge in [0.05, 0.1) is 0 Å². The Morgan fingerprint density at radius 1 is 0.500 bits per heavy atom. The predicted molar refractivity (Wildman–Crippen MR) is 173 cm³/mol. The van der Waals surface area contributed by atoms with Gasteiger partial charge in [-0.05, 0) is 62.3 Å². The quantitative estimate of drug-likeness (QED) is 0.134. The third-order valence-corrected chi connectivity index (χ3v) is 3.58. The summed E-state index contributed by atoms with van der Waals surface area (Å²) in [7, 11) is 0. The van der Waals surface area contributed by atoms with Gasteiger partial charge in [-0.1, -0.05) is 48.9 Å². The molecule has 0 amide bonds. The molecule has 0 fully saturated rings. The van der Waals surface area contributed by atoms with Gasteiger partial charge in [0.15, 0.2) is 0 Å². The normalized spacial score (nSPS) is 8.02. The second kappa shape index (κ2) is 40.3. The van der Waals surface area contributed by atoms with Gasteiger partial charge in [0.1, 0.15) is 38.0 Å². The molecule has 0 saturated heterocycles. The number of hydrogen-bond acceptors (Lipinski definition) is 7. The van der Waals surface area contributed by atoms with Crippen molar-refractivity contribution in [3.8, 4) is 0 Å². The Hall–Kier alpha value is -0.694. The van der Waals surface area contributed by atoms with Gasteiger partial charge in [0.25, 0.3) is 0 Å². The molecule has 3 heterocycles. The number of nitrogens with two attached hydrogens (primary N) is 2. The summed E-state index contributed by atoms with van der Waals surface area (Å²) in [6.45, 7) is 19.0. The van der Waals surface area contributed by atoms with E-state index in [4.69, 9.17) is 21.6 Å². The van der Waals surface area contributed by atoms with Gasteiger partial charge in [0.2, 0.25) is 0 Å². The molecule has 0 aromatic carbocycles. The zero-order valence-corrected chi connectivity index (χ0v) is 42.1. The Morgan fingerprint density at radius 3 is 0.682 bits per heavy atom. The van der Waals surface area contributed by atoms with Crippen LogP contribution in [0.3, 0.4) is 0 Å². The van der Waals surface area contributed by atoms with E-state index < -0.39 is 0 Å². The molecule has 0 aliphatic carbocycles. The first-order chi connectivity index (χ1) is 18.0. The first kappa shape index (κ1) is 65.9. The fourth-order valence-corrected chi connectivity index (χ4v) is 1.64. The van der Waals surface area contributed by atoms with Crippen molar-refractivity contribution in [3.05, 3.63) is 71.9 Å². The Balaban J connectivity index is -0.0000000483. The topological polar surface area (TPSA) is 249 Å². The average molecular weight is 977 g/mol. The number of thiocarbonyl (C=S) groups is 4. The zero-order valence-electron chi connectivity index (χ0n) is 26.7. The Morgan fingerprint density at radius 2 is 0.636 bits per heavy atom. The molecule has 3 aromatic rings. The van der Waals surface area contributed by atoms with Crippen LogP contribution in [0.25, 0.3) is 33.9 Å². The minimum absolute atomic E-state index is 0. The largest absolute Gasteiger partial charge is 2.00 e. The van der Waals surface area contributed by atoms with E-state index in [0.717, 1.165) is 0 Å². The molecule has 0 aliphatic rings. The Labute approximate surface area is 342 Å². The summed E-state index contributed by atoms with van der Waals surface area (Å²) in [6.07, 6.45) is 10.3. The van der Waals surface area contributed by atoms with Crippen LogP contribution in [-0.2, 0) is 98.5 Å². The minimum atomic E-state index is 0. The van der Waals surface area contributed by atoms with Crippen LogP contribution in [-0.4, -0.2) is 35.9 Å². The van der Waals surface area contributed by atoms with Crippen LogP contribution < -0.4 is 29.0 Å². The van der Waals surface area contributed by atoms with E-state index in [1.54, 1.807) is 38.0 Å². The second-order valence-corrected chi connectivity index (χ2v) is 10.2. The maximum atomic E-state index is 7.13. The first-order valence-corrected chi connectivity index (χ1v) is 12.2. The smallest absolute Gasteiger partial charge is 0.753 e. The van der Waals surface area contributed by atoms with Crippen LogP contribution in [0.4, 0.5) is 0 Å². The molecule has 234 valence electrons. The Kier molecular flexibility index (Phi) is 60.4. The predicted octanol–water partition coefficient (Wildman–Crippen LogP) is 4.31. The van der Waals surface area contributed by atoms with Crippen molar-refractivity contribution in [3.63, 3.8) is 0 Å². The van der Waals surface area contributed by atoms with Gasteiger partial charge >= 0.3 is 27.3 Å². The molecule has 0 aliphatic heterocycles. The molecule has 22 heteroatoms. The number of hydrogen-bond donors (Lipinski definition) is 0. The molecule has 0 saturated carbocycles. The summed E-state index contributed by atoms with van der Waals surface area (Å²) in [5, 5.41) is 56.1. The van der Waals surface area contributed by atoms with Crippen molar-refractivity contribution in [2.45, 2.75) is 78.9 Å². The number of rotatable bonds is 0. The van der Waals surface area contributed by atoms with Gasteiger partial charge in [0, 0.05) is 71.2 Å². The third-order valence-electron chi connectivity index (χ3n) is 3.58. The van der Waals surface area contributed by atoms with Gasteiger partial charge < -0.3 is 47.6 Å². The fraction of sp³-hybridized carbons (Fsp3) is 0.545. The summed E-state index contributed by atoms with van der Waals surface area (Å²) in [4.78, 5) is 0. The van der Waals surface area contributed by atoms with Crippen LogP contribution in [0, 0.1) is 0 Å². The van der Waals surface area contributed by atoms with Crippen LogP contribution in [0.5, 0.6) is 0 Å². The summed E-state index contributed by atoms with van der Waals surface area (Å²) in [5.74, 6) is 0. The molecule has 0 radical (unpaired) electrons. The second-order valence-electron chi connectivity index (χ2n) is 9.49. The van der Waals surface area contributed by atoms with Crippen molar-refractivity contribution in [1.82, 2.24) is 30.6 Å². The standard InChI is InChI=1S/3C6H11N3.4CNS.3Cd.2H2N/c3*1-6(2,3)9-4-7-8-5-9;4*2-1-3;;;;;/h3*4-5H,1-3H3;;;;;;;;2*1H2/q;;;4*-1;;;+2;2*-1. The van der Waals surface area contributed by atoms with Crippen LogP contribution in [0.2, 0.25) is 0 Å². The maximum absolute atomic E-state index is 7.13. The van der Waals surface area contributed by atoms with Gasteiger partial charge in [-0.2, -0.15) is 20.6 Å².